The van der Waals surface area contributed by atoms with Gasteiger partial charge >= 0.3 is 5.92 Å². The van der Waals surface area contributed by atoms with Crippen LogP contribution < -0.4 is 0 Å². The van der Waals surface area contributed by atoms with Crippen LogP contribution in [0.2, 0.25) is 0 Å². The number of rotatable bonds is 5. The summed E-state index contributed by atoms with van der Waals surface area (Å²) in [5.41, 5.74) is 0. The monoisotopic (exact) mass is 190 g/mol. The predicted octanol–water partition coefficient (Wildman–Crippen LogP) is 3.07. The molecule has 0 radical (unpaired) electrons. The molecule has 0 spiro atoms. The zero-order valence-electron chi connectivity index (χ0n) is 6.67. The molecule has 0 aromatic carbocycles. The van der Waals surface area contributed by atoms with Crippen LogP contribution in [0, 0.1) is 0 Å². The molecule has 0 aliphatic heterocycles. The van der Waals surface area contributed by atoms with E-state index in [1.807, 2.05) is 0 Å². The average molecular weight is 190 g/mol. The van der Waals surface area contributed by atoms with Crippen molar-refractivity contribution >= 4 is 0 Å². The highest BCUT2D eigenvalue weighted by atomic mass is 19.3. The summed E-state index contributed by atoms with van der Waals surface area (Å²) in [6.45, 7) is -0.671. The van der Waals surface area contributed by atoms with Gasteiger partial charge in [0.2, 0.25) is 0 Å². The Labute approximate surface area is 67.8 Å². The summed E-state index contributed by atoms with van der Waals surface area (Å²) < 4.78 is 60.5. The molecule has 0 saturated carbocycles. The van der Waals surface area contributed by atoms with Gasteiger partial charge < -0.3 is 0 Å². The van der Waals surface area contributed by atoms with Gasteiger partial charge in [-0.3, -0.25) is 0 Å². The van der Waals surface area contributed by atoms with Gasteiger partial charge in [0, 0.05) is 6.42 Å². The standard InChI is InChI=1S/C7H11F5/c1-2-5(9)3-6(10)7(11,12)4-8/h5-6H,2-4H2,1H3/t5?,6-/m0/s1. The first-order valence-corrected chi connectivity index (χ1v) is 3.66. The van der Waals surface area contributed by atoms with E-state index in [1.165, 1.54) is 6.92 Å². The molecule has 0 nitrogen and oxygen atoms in total. The van der Waals surface area contributed by atoms with Crippen LogP contribution in [0.4, 0.5) is 22.0 Å². The Kier molecular flexibility index (Phi) is 4.49. The quantitative estimate of drug-likeness (QED) is 0.584. The fourth-order valence-electron chi connectivity index (χ4n) is 0.647. The van der Waals surface area contributed by atoms with Crippen molar-refractivity contribution in [2.24, 2.45) is 0 Å². The van der Waals surface area contributed by atoms with Crippen molar-refractivity contribution in [2.45, 2.75) is 38.0 Å². The number of halogens is 5. The minimum absolute atomic E-state index is 0.0389. The van der Waals surface area contributed by atoms with Crippen LogP contribution >= 0.6 is 0 Å². The second kappa shape index (κ2) is 4.62. The molecule has 12 heavy (non-hydrogen) atoms. The van der Waals surface area contributed by atoms with Gasteiger partial charge in [0.15, 0.2) is 12.8 Å². The van der Waals surface area contributed by atoms with Crippen LogP contribution in [-0.4, -0.2) is 24.9 Å². The van der Waals surface area contributed by atoms with Gasteiger partial charge in [-0.25, -0.2) is 22.0 Å². The maximum Gasteiger partial charge on any atom is 0.306 e. The third-order valence-corrected chi connectivity index (χ3v) is 1.54. The van der Waals surface area contributed by atoms with Crippen molar-refractivity contribution < 1.29 is 22.0 Å². The highest BCUT2D eigenvalue weighted by molar-refractivity contribution is 4.78. The van der Waals surface area contributed by atoms with E-state index in [2.05, 4.69) is 0 Å². The molecular formula is C7H11F5. The highest BCUT2D eigenvalue weighted by Gasteiger charge is 2.41. The van der Waals surface area contributed by atoms with Crippen molar-refractivity contribution in [3.63, 3.8) is 0 Å². The molecule has 0 rings (SSSR count). The van der Waals surface area contributed by atoms with Crippen molar-refractivity contribution in [2.75, 3.05) is 6.67 Å². The third-order valence-electron chi connectivity index (χ3n) is 1.54. The second-order valence-electron chi connectivity index (χ2n) is 2.60. The first-order chi connectivity index (χ1) is 5.44. The summed E-state index contributed by atoms with van der Waals surface area (Å²) >= 11 is 0. The normalized spacial score (nSPS) is 17.5. The molecule has 0 fully saturated rings. The molecule has 0 bridgehead atoms. The zero-order chi connectivity index (χ0) is 9.78. The largest absolute Gasteiger partial charge is 0.306 e. The number of hydrogen-bond acceptors (Lipinski definition) is 0. The summed E-state index contributed by atoms with van der Waals surface area (Å²) in [6.07, 6.45) is -5.33. The lowest BCUT2D eigenvalue weighted by atomic mass is 10.1. The van der Waals surface area contributed by atoms with E-state index < -0.39 is 31.4 Å². The van der Waals surface area contributed by atoms with Crippen molar-refractivity contribution in [3.05, 3.63) is 0 Å². The van der Waals surface area contributed by atoms with Crippen molar-refractivity contribution in [3.8, 4) is 0 Å². The molecular weight excluding hydrogens is 179 g/mol. The molecule has 0 aromatic rings. The van der Waals surface area contributed by atoms with Gasteiger partial charge in [0.1, 0.15) is 6.17 Å². The van der Waals surface area contributed by atoms with E-state index in [0.717, 1.165) is 0 Å². The van der Waals surface area contributed by atoms with Gasteiger partial charge in [0.25, 0.3) is 0 Å². The molecule has 1 unspecified atom stereocenters. The van der Waals surface area contributed by atoms with E-state index in [1.54, 1.807) is 0 Å². The molecule has 0 amide bonds. The van der Waals surface area contributed by atoms with Gasteiger partial charge in [-0.2, -0.15) is 0 Å². The molecule has 0 saturated heterocycles. The minimum Gasteiger partial charge on any atom is -0.247 e. The summed E-state index contributed by atoms with van der Waals surface area (Å²) in [5, 5.41) is 0. The van der Waals surface area contributed by atoms with E-state index >= 15 is 0 Å². The lowest BCUT2D eigenvalue weighted by molar-refractivity contribution is -0.0958. The Morgan fingerprint density at radius 1 is 1.25 bits per heavy atom. The van der Waals surface area contributed by atoms with E-state index in [-0.39, 0.29) is 6.42 Å². The van der Waals surface area contributed by atoms with Gasteiger partial charge in [-0.05, 0) is 6.42 Å². The zero-order valence-corrected chi connectivity index (χ0v) is 6.67. The smallest absolute Gasteiger partial charge is 0.247 e. The SMILES string of the molecule is CCC(F)C[C@H](F)C(F)(F)CF. The van der Waals surface area contributed by atoms with Crippen LogP contribution in [0.25, 0.3) is 0 Å². The van der Waals surface area contributed by atoms with Crippen LogP contribution in [0.5, 0.6) is 0 Å². The minimum atomic E-state index is -4.04. The van der Waals surface area contributed by atoms with E-state index in [4.69, 9.17) is 0 Å². The number of hydrogen-bond donors (Lipinski definition) is 0. The summed E-state index contributed by atoms with van der Waals surface area (Å²) in [7, 11) is 0. The Balaban J connectivity index is 3.93. The molecule has 74 valence electrons. The Hall–Kier alpha value is -0.350. The van der Waals surface area contributed by atoms with Gasteiger partial charge in [0.05, 0.1) is 0 Å². The molecule has 0 aliphatic rings. The molecule has 0 aliphatic carbocycles. The van der Waals surface area contributed by atoms with E-state index in [9.17, 15) is 22.0 Å². The third kappa shape index (κ3) is 3.36. The Morgan fingerprint density at radius 3 is 2.08 bits per heavy atom. The maximum atomic E-state index is 12.4. The Bertz CT molecular complexity index is 125. The fourth-order valence-corrected chi connectivity index (χ4v) is 0.647. The molecule has 2 atom stereocenters. The number of alkyl halides is 5. The van der Waals surface area contributed by atoms with Crippen LogP contribution in [-0.2, 0) is 0 Å². The first-order valence-electron chi connectivity index (χ1n) is 3.66. The lowest BCUT2D eigenvalue weighted by Crippen LogP contribution is -2.34. The molecule has 5 heteroatoms. The molecule has 0 N–H and O–H groups in total. The molecule has 0 aromatic heterocycles. The van der Waals surface area contributed by atoms with Gasteiger partial charge in [-0.15, -0.1) is 0 Å². The van der Waals surface area contributed by atoms with Crippen LogP contribution in [0.1, 0.15) is 19.8 Å². The van der Waals surface area contributed by atoms with E-state index in [0.29, 0.717) is 0 Å². The first kappa shape index (κ1) is 11.6. The second-order valence-corrected chi connectivity index (χ2v) is 2.60. The van der Waals surface area contributed by atoms with Crippen LogP contribution in [0.15, 0.2) is 0 Å². The van der Waals surface area contributed by atoms with Crippen molar-refractivity contribution in [1.29, 1.82) is 0 Å². The average Bonchev–Trinajstić information content (AvgIpc) is 2.04. The highest BCUT2D eigenvalue weighted by Crippen LogP contribution is 2.26. The summed E-state index contributed by atoms with van der Waals surface area (Å²) in [6, 6.07) is 0. The van der Waals surface area contributed by atoms with Crippen molar-refractivity contribution in [1.82, 2.24) is 0 Å². The predicted molar refractivity (Wildman–Crippen MR) is 35.6 cm³/mol. The molecule has 0 heterocycles. The summed E-state index contributed by atoms with van der Waals surface area (Å²) in [5.74, 6) is -4.04. The van der Waals surface area contributed by atoms with Gasteiger partial charge in [-0.1, -0.05) is 6.92 Å². The lowest BCUT2D eigenvalue weighted by Gasteiger charge is -2.18. The fraction of sp³-hybridized carbons (Fsp3) is 1.00. The topological polar surface area (TPSA) is 0 Å². The van der Waals surface area contributed by atoms with Crippen LogP contribution in [0.3, 0.4) is 0 Å². The summed E-state index contributed by atoms with van der Waals surface area (Å²) in [4.78, 5) is 0. The Morgan fingerprint density at radius 2 is 1.75 bits per heavy atom. The maximum absolute atomic E-state index is 12.4.